The van der Waals surface area contributed by atoms with E-state index in [4.69, 9.17) is 0 Å². The molecule has 182 valence electrons. The minimum absolute atomic E-state index is 0.135. The first-order valence-electron chi connectivity index (χ1n) is 12.5. The highest BCUT2D eigenvalue weighted by Gasteiger charge is 2.25. The molecule has 1 amide bonds. The summed E-state index contributed by atoms with van der Waals surface area (Å²) in [5.41, 5.74) is 5.19. The zero-order valence-electron chi connectivity index (χ0n) is 20.4. The fourth-order valence-corrected chi connectivity index (χ4v) is 5.17. The van der Waals surface area contributed by atoms with Gasteiger partial charge in [0, 0.05) is 57.7 Å². The van der Waals surface area contributed by atoms with Gasteiger partial charge in [0.25, 0.3) is 5.91 Å². The van der Waals surface area contributed by atoms with E-state index in [1.807, 2.05) is 30.0 Å². The minimum atomic E-state index is -0.194. The number of aryl methyl sites for hydroxylation is 1. The third-order valence-corrected chi connectivity index (χ3v) is 7.07. The van der Waals surface area contributed by atoms with Crippen molar-refractivity contribution >= 4 is 17.7 Å². The molecule has 0 bridgehead atoms. The van der Waals surface area contributed by atoms with Crippen molar-refractivity contribution in [1.29, 1.82) is 0 Å². The van der Waals surface area contributed by atoms with Crippen LogP contribution in [0.5, 0.6) is 0 Å². The van der Waals surface area contributed by atoms with Crippen LogP contribution in [0.15, 0.2) is 66.9 Å². The van der Waals surface area contributed by atoms with Gasteiger partial charge in [-0.25, -0.2) is 4.39 Å². The molecule has 0 saturated carbocycles. The van der Waals surface area contributed by atoms with Crippen LogP contribution >= 0.6 is 0 Å². The van der Waals surface area contributed by atoms with Gasteiger partial charge in [-0.05, 0) is 61.4 Å². The number of piperazine rings is 1. The summed E-state index contributed by atoms with van der Waals surface area (Å²) in [7, 11) is 0. The predicted octanol–water partition coefficient (Wildman–Crippen LogP) is 4.67. The maximum atomic E-state index is 13.5. The third kappa shape index (κ3) is 5.33. The van der Waals surface area contributed by atoms with E-state index >= 15 is 0 Å². The fourth-order valence-electron chi connectivity index (χ4n) is 5.17. The van der Waals surface area contributed by atoms with E-state index in [1.165, 1.54) is 17.7 Å². The lowest BCUT2D eigenvalue weighted by Gasteiger charge is -2.36. The van der Waals surface area contributed by atoms with Crippen LogP contribution in [-0.4, -0.2) is 66.1 Å². The lowest BCUT2D eigenvalue weighted by molar-refractivity contribution is 0.0767. The van der Waals surface area contributed by atoms with Crippen molar-refractivity contribution in [2.45, 2.75) is 19.9 Å². The van der Waals surface area contributed by atoms with Crippen LogP contribution in [-0.2, 0) is 6.54 Å². The average Bonchev–Trinajstić information content (AvgIpc) is 3.07. The van der Waals surface area contributed by atoms with Gasteiger partial charge in [0.05, 0.1) is 11.3 Å². The molecular formula is C29H33FN4O. The number of carbonyl (C=O) groups is 1. The van der Waals surface area contributed by atoms with Crippen LogP contribution in [0.1, 0.15) is 33.6 Å². The summed E-state index contributed by atoms with van der Waals surface area (Å²) >= 11 is 0. The lowest BCUT2D eigenvalue weighted by atomic mass is 10.1. The summed E-state index contributed by atoms with van der Waals surface area (Å²) in [6.45, 7) is 9.03. The first kappa shape index (κ1) is 23.4. The molecule has 1 fully saturated rings. The van der Waals surface area contributed by atoms with Gasteiger partial charge in [-0.2, -0.15) is 0 Å². The van der Waals surface area contributed by atoms with Crippen molar-refractivity contribution in [1.82, 2.24) is 14.4 Å². The Hall–Kier alpha value is -3.38. The molecular weight excluding hydrogens is 439 g/mol. The van der Waals surface area contributed by atoms with Gasteiger partial charge >= 0.3 is 0 Å². The van der Waals surface area contributed by atoms with Crippen LogP contribution in [0.4, 0.5) is 10.1 Å². The highest BCUT2D eigenvalue weighted by Crippen LogP contribution is 2.25. The van der Waals surface area contributed by atoms with Gasteiger partial charge < -0.3 is 14.4 Å². The van der Waals surface area contributed by atoms with E-state index in [0.717, 1.165) is 74.7 Å². The van der Waals surface area contributed by atoms with Crippen LogP contribution in [0.3, 0.4) is 0 Å². The van der Waals surface area contributed by atoms with E-state index < -0.39 is 0 Å². The number of amides is 1. The molecule has 35 heavy (non-hydrogen) atoms. The number of anilines is 1. The molecule has 0 N–H and O–H groups in total. The number of hydrogen-bond acceptors (Lipinski definition) is 3. The Morgan fingerprint density at radius 1 is 0.914 bits per heavy atom. The predicted molar refractivity (Wildman–Crippen MR) is 139 cm³/mol. The summed E-state index contributed by atoms with van der Waals surface area (Å²) < 4.78 is 15.4. The van der Waals surface area contributed by atoms with Crippen molar-refractivity contribution in [3.63, 3.8) is 0 Å². The van der Waals surface area contributed by atoms with Crippen molar-refractivity contribution in [3.8, 4) is 0 Å². The number of halogens is 1. The number of rotatable bonds is 7. The van der Waals surface area contributed by atoms with Crippen molar-refractivity contribution < 1.29 is 9.18 Å². The highest BCUT2D eigenvalue weighted by molar-refractivity contribution is 6.00. The maximum absolute atomic E-state index is 13.5. The van der Waals surface area contributed by atoms with Crippen molar-refractivity contribution in [3.05, 3.63) is 95.1 Å². The van der Waals surface area contributed by atoms with Gasteiger partial charge in [0.1, 0.15) is 5.82 Å². The number of fused-ring (bicyclic) bond motifs is 1. The summed E-state index contributed by atoms with van der Waals surface area (Å²) in [6, 6.07) is 17.1. The maximum Gasteiger partial charge on any atom is 0.256 e. The van der Waals surface area contributed by atoms with E-state index in [0.29, 0.717) is 6.54 Å². The molecule has 2 aliphatic rings. The number of carbonyl (C=O) groups excluding carboxylic acids is 1. The Bertz CT molecular complexity index is 1180. The number of benzene rings is 2. The molecule has 0 aliphatic carbocycles. The lowest BCUT2D eigenvalue weighted by Crippen LogP contribution is -2.47. The number of nitrogens with zero attached hydrogens (tertiary/aromatic N) is 4. The summed E-state index contributed by atoms with van der Waals surface area (Å²) in [5, 5.41) is 0. The summed E-state index contributed by atoms with van der Waals surface area (Å²) in [5.74, 6) is -0.0594. The molecule has 0 spiro atoms. The fraction of sp³-hybridized carbons (Fsp3) is 0.345. The average molecular weight is 473 g/mol. The topological polar surface area (TPSA) is 31.7 Å². The monoisotopic (exact) mass is 472 g/mol. The Morgan fingerprint density at radius 2 is 1.66 bits per heavy atom. The second-order valence-corrected chi connectivity index (χ2v) is 9.50. The van der Waals surface area contributed by atoms with E-state index in [9.17, 15) is 9.18 Å². The Kier molecular flexibility index (Phi) is 7.00. The Morgan fingerprint density at radius 3 is 2.40 bits per heavy atom. The Labute approximate surface area is 207 Å². The second kappa shape index (κ2) is 10.5. The van der Waals surface area contributed by atoms with Crippen LogP contribution in [0.2, 0.25) is 0 Å². The first-order chi connectivity index (χ1) is 17.1. The largest absolute Gasteiger partial charge is 0.369 e. The van der Waals surface area contributed by atoms with Crippen molar-refractivity contribution in [2.24, 2.45) is 0 Å². The molecule has 2 aliphatic heterocycles. The highest BCUT2D eigenvalue weighted by atomic mass is 19.1. The molecule has 6 heteroatoms. The molecule has 3 aromatic rings. The van der Waals surface area contributed by atoms with Gasteiger partial charge in [-0.3, -0.25) is 9.69 Å². The van der Waals surface area contributed by atoms with E-state index in [2.05, 4.69) is 57.0 Å². The van der Waals surface area contributed by atoms with Crippen molar-refractivity contribution in [2.75, 3.05) is 50.7 Å². The Balaban J connectivity index is 1.15. The molecule has 2 aromatic carbocycles. The minimum Gasteiger partial charge on any atom is -0.369 e. The molecule has 0 unspecified atom stereocenters. The first-order valence-corrected chi connectivity index (χ1v) is 12.5. The van der Waals surface area contributed by atoms with Crippen LogP contribution in [0, 0.1) is 12.7 Å². The van der Waals surface area contributed by atoms with Crippen LogP contribution < -0.4 is 4.90 Å². The van der Waals surface area contributed by atoms with Gasteiger partial charge in [-0.15, -0.1) is 0 Å². The smallest absolute Gasteiger partial charge is 0.256 e. The zero-order valence-corrected chi connectivity index (χ0v) is 20.4. The van der Waals surface area contributed by atoms with E-state index in [-0.39, 0.29) is 11.7 Å². The summed E-state index contributed by atoms with van der Waals surface area (Å²) in [6.07, 6.45) is 7.28. The van der Waals surface area contributed by atoms with Gasteiger partial charge in [0.2, 0.25) is 0 Å². The molecule has 1 aromatic heterocycles. The summed E-state index contributed by atoms with van der Waals surface area (Å²) in [4.78, 5) is 20.2. The van der Waals surface area contributed by atoms with Gasteiger partial charge in [0.15, 0.2) is 0 Å². The van der Waals surface area contributed by atoms with Crippen LogP contribution in [0.25, 0.3) is 6.08 Å². The normalized spacial score (nSPS) is 16.5. The second-order valence-electron chi connectivity index (χ2n) is 9.50. The van der Waals surface area contributed by atoms with E-state index in [1.54, 1.807) is 0 Å². The standard InChI is InChI=1S/C29H33FN4O/c1-23-21-34(22-24-7-3-2-4-8-24)27-9-5-15-33(29(35)28(23)27)16-6-14-31-17-19-32(20-18-31)26-12-10-25(30)11-13-26/h2-5,7-13,21H,6,14-20,22H2,1H3. The number of aromatic nitrogens is 1. The molecule has 5 rings (SSSR count). The van der Waals surface area contributed by atoms with Gasteiger partial charge in [-0.1, -0.05) is 36.4 Å². The molecule has 5 nitrogen and oxygen atoms in total. The quantitative estimate of drug-likeness (QED) is 0.501. The SMILES string of the molecule is Cc1cn(Cc2ccccc2)c2c1C(=O)N(CCCN1CCN(c3ccc(F)cc3)CC1)CC=C2. The number of hydrogen-bond donors (Lipinski definition) is 0. The zero-order chi connectivity index (χ0) is 24.2. The molecule has 0 radical (unpaired) electrons. The molecule has 3 heterocycles. The molecule has 1 saturated heterocycles. The molecule has 0 atom stereocenters. The third-order valence-electron chi connectivity index (χ3n) is 7.07.